The highest BCUT2D eigenvalue weighted by atomic mass is 16.5. The normalized spacial score (nSPS) is 10.2. The summed E-state index contributed by atoms with van der Waals surface area (Å²) in [4.78, 5) is 0. The van der Waals surface area contributed by atoms with Crippen LogP contribution in [0.4, 0.5) is 0 Å². The molecule has 0 aliphatic heterocycles. The lowest BCUT2D eigenvalue weighted by Crippen LogP contribution is -2.23. The molecule has 1 aromatic heterocycles. The van der Waals surface area contributed by atoms with Crippen LogP contribution in [0.5, 0.6) is 0 Å². The summed E-state index contributed by atoms with van der Waals surface area (Å²) in [7, 11) is 2.04. The molecular weight excluding hydrogens is 212 g/mol. The van der Waals surface area contributed by atoms with Crippen molar-refractivity contribution >= 4 is 0 Å². The first-order valence-electron chi connectivity index (χ1n) is 6.17. The van der Waals surface area contributed by atoms with E-state index in [4.69, 9.17) is 4.74 Å². The number of unbranched alkanes of at least 4 members (excludes halogenated alkanes) is 3. The predicted molar refractivity (Wildman–Crippen MR) is 69.4 cm³/mol. The molecule has 0 atom stereocenters. The van der Waals surface area contributed by atoms with E-state index in [1.54, 1.807) is 6.08 Å². The molecule has 1 heterocycles. The Bertz CT molecular complexity index is 355. The molecule has 0 radical (unpaired) electrons. The average Bonchev–Trinajstić information content (AvgIpc) is 2.73. The minimum atomic E-state index is 0.671. The molecule has 0 unspecified atom stereocenters. The molecule has 0 aliphatic carbocycles. The van der Waals surface area contributed by atoms with Crippen molar-refractivity contribution in [3.8, 4) is 0 Å². The molecule has 0 saturated carbocycles. The molecule has 0 saturated heterocycles. The fourth-order valence-corrected chi connectivity index (χ4v) is 1.65. The first-order chi connectivity index (χ1) is 8.22. The van der Waals surface area contributed by atoms with Gasteiger partial charge >= 0.3 is 0 Å². The van der Waals surface area contributed by atoms with E-state index in [-0.39, 0.29) is 0 Å². The average molecular weight is 235 g/mol. The van der Waals surface area contributed by atoms with E-state index >= 15 is 0 Å². The van der Waals surface area contributed by atoms with Gasteiger partial charge in [0.2, 0.25) is 6.33 Å². The molecule has 0 N–H and O–H groups in total. The highest BCUT2D eigenvalue weighted by Gasteiger charge is 1.99. The molecule has 0 aliphatic rings. The Kier molecular flexibility index (Phi) is 6.15. The van der Waals surface area contributed by atoms with Gasteiger partial charge in [-0.1, -0.05) is 13.2 Å². The van der Waals surface area contributed by atoms with Gasteiger partial charge in [0.1, 0.15) is 18.2 Å². The highest BCUT2D eigenvalue weighted by molar-refractivity contribution is 5.01. The second kappa shape index (κ2) is 7.71. The van der Waals surface area contributed by atoms with Crippen LogP contribution in [0.1, 0.15) is 25.7 Å². The fraction of sp³-hybridized carbons (Fsp3) is 0.500. The van der Waals surface area contributed by atoms with Crippen LogP contribution < -0.4 is 4.57 Å². The zero-order valence-corrected chi connectivity index (χ0v) is 10.8. The summed E-state index contributed by atoms with van der Waals surface area (Å²) in [6.45, 7) is 9.15. The molecule has 1 rings (SSSR count). The zero-order valence-electron chi connectivity index (χ0n) is 10.8. The molecule has 3 heteroatoms. The van der Waals surface area contributed by atoms with Crippen LogP contribution in [-0.2, 0) is 18.3 Å². The fourth-order valence-electron chi connectivity index (χ4n) is 1.65. The van der Waals surface area contributed by atoms with E-state index < -0.39 is 0 Å². The lowest BCUT2D eigenvalue weighted by atomic mass is 10.2. The van der Waals surface area contributed by atoms with Crippen LogP contribution in [0, 0.1) is 0 Å². The van der Waals surface area contributed by atoms with Crippen molar-refractivity contribution in [1.82, 2.24) is 4.57 Å². The van der Waals surface area contributed by atoms with Crippen LogP contribution in [0.2, 0.25) is 0 Å². The summed E-state index contributed by atoms with van der Waals surface area (Å²) < 4.78 is 9.62. The molecule has 1 aromatic rings. The summed E-state index contributed by atoms with van der Waals surface area (Å²) >= 11 is 0. The number of ether oxygens (including phenoxy) is 1. The monoisotopic (exact) mass is 235 g/mol. The number of hydrogen-bond donors (Lipinski definition) is 0. The maximum atomic E-state index is 5.34. The Morgan fingerprint density at radius 1 is 1.35 bits per heavy atom. The third-order valence-electron chi connectivity index (χ3n) is 2.65. The molecular formula is C14H23N2O+. The molecule has 0 aromatic carbocycles. The highest BCUT2D eigenvalue weighted by Crippen LogP contribution is 2.04. The lowest BCUT2D eigenvalue weighted by Gasteiger charge is -2.04. The van der Waals surface area contributed by atoms with E-state index in [0.29, 0.717) is 5.76 Å². The number of nitrogens with zero attached hydrogens (tertiary/aromatic N) is 2. The van der Waals surface area contributed by atoms with Gasteiger partial charge in [-0.05, 0) is 31.8 Å². The van der Waals surface area contributed by atoms with Crippen molar-refractivity contribution < 1.29 is 9.30 Å². The van der Waals surface area contributed by atoms with Gasteiger partial charge in [0.05, 0.1) is 20.2 Å². The topological polar surface area (TPSA) is 18.0 Å². The molecule has 0 spiro atoms. The number of imidazole rings is 1. The number of hydrogen-bond acceptors (Lipinski definition) is 1. The van der Waals surface area contributed by atoms with E-state index in [2.05, 4.69) is 41.0 Å². The molecule has 0 fully saturated rings. The Morgan fingerprint density at radius 2 is 2.12 bits per heavy atom. The minimum absolute atomic E-state index is 0.671. The Labute approximate surface area is 104 Å². The van der Waals surface area contributed by atoms with Crippen LogP contribution in [0.15, 0.2) is 43.7 Å². The second-order valence-corrected chi connectivity index (χ2v) is 4.25. The summed E-state index contributed by atoms with van der Waals surface area (Å²) in [5.74, 6) is 0.671. The summed E-state index contributed by atoms with van der Waals surface area (Å²) in [5, 5.41) is 0. The van der Waals surface area contributed by atoms with Crippen LogP contribution in [0.25, 0.3) is 0 Å². The lowest BCUT2D eigenvalue weighted by molar-refractivity contribution is -0.671. The number of rotatable bonds is 9. The molecule has 94 valence electrons. The summed E-state index contributed by atoms with van der Waals surface area (Å²) in [5.41, 5.74) is 0. The van der Waals surface area contributed by atoms with Crippen LogP contribution in [0.3, 0.4) is 0 Å². The molecule has 17 heavy (non-hydrogen) atoms. The molecule has 0 bridgehead atoms. The maximum absolute atomic E-state index is 5.34. The van der Waals surface area contributed by atoms with Crippen molar-refractivity contribution in [3.05, 3.63) is 43.7 Å². The van der Waals surface area contributed by atoms with E-state index in [9.17, 15) is 0 Å². The standard InChI is InChI=1S/C14H23N2O/c1-4-14(2)17-12-8-6-5-7-9-16-11-10-15(3)13-16/h4,10-11,13H,1-2,5-9,12H2,3H3/q+1. The molecule has 0 amide bonds. The van der Waals surface area contributed by atoms with Crippen molar-refractivity contribution in [2.75, 3.05) is 6.61 Å². The SMILES string of the molecule is C=CC(=C)OCCCCCCn1cc[n+](C)c1. The van der Waals surface area contributed by atoms with E-state index in [0.717, 1.165) is 19.6 Å². The van der Waals surface area contributed by atoms with Crippen molar-refractivity contribution in [1.29, 1.82) is 0 Å². The first-order valence-corrected chi connectivity index (χ1v) is 6.17. The Hall–Kier alpha value is -1.51. The summed E-state index contributed by atoms with van der Waals surface area (Å²) in [6, 6.07) is 0. The van der Waals surface area contributed by atoms with Gasteiger partial charge in [-0.3, -0.25) is 0 Å². The van der Waals surface area contributed by atoms with Gasteiger partial charge in [-0.2, -0.15) is 0 Å². The largest absolute Gasteiger partial charge is 0.494 e. The van der Waals surface area contributed by atoms with Crippen molar-refractivity contribution in [2.45, 2.75) is 32.2 Å². The third-order valence-corrected chi connectivity index (χ3v) is 2.65. The van der Waals surface area contributed by atoms with Gasteiger partial charge in [-0.15, -0.1) is 0 Å². The van der Waals surface area contributed by atoms with Gasteiger partial charge in [0.25, 0.3) is 0 Å². The van der Waals surface area contributed by atoms with Gasteiger partial charge < -0.3 is 4.74 Å². The number of allylic oxidation sites excluding steroid dienone is 1. The first kappa shape index (κ1) is 13.6. The van der Waals surface area contributed by atoms with E-state index in [1.165, 1.54) is 19.3 Å². The number of aryl methyl sites for hydroxylation is 2. The van der Waals surface area contributed by atoms with E-state index in [1.807, 2.05) is 7.05 Å². The van der Waals surface area contributed by atoms with Crippen molar-refractivity contribution in [3.63, 3.8) is 0 Å². The Balaban J connectivity index is 1.94. The number of aromatic nitrogens is 2. The predicted octanol–water partition coefficient (Wildman–Crippen LogP) is 2.59. The molecule has 3 nitrogen and oxygen atoms in total. The quantitative estimate of drug-likeness (QED) is 0.278. The smallest absolute Gasteiger partial charge is 0.243 e. The maximum Gasteiger partial charge on any atom is 0.243 e. The second-order valence-electron chi connectivity index (χ2n) is 4.25. The van der Waals surface area contributed by atoms with Gasteiger partial charge in [-0.25, -0.2) is 9.13 Å². The summed E-state index contributed by atoms with van der Waals surface area (Å²) in [6.07, 6.45) is 12.7. The van der Waals surface area contributed by atoms with Crippen LogP contribution in [-0.4, -0.2) is 11.2 Å². The zero-order chi connectivity index (χ0) is 12.5. The van der Waals surface area contributed by atoms with Gasteiger partial charge in [0.15, 0.2) is 0 Å². The Morgan fingerprint density at radius 3 is 2.76 bits per heavy atom. The van der Waals surface area contributed by atoms with Gasteiger partial charge in [0, 0.05) is 0 Å². The third kappa shape index (κ3) is 5.95. The van der Waals surface area contributed by atoms with Crippen LogP contribution >= 0.6 is 0 Å². The minimum Gasteiger partial charge on any atom is -0.494 e. The van der Waals surface area contributed by atoms with Crippen molar-refractivity contribution in [2.24, 2.45) is 7.05 Å².